The Morgan fingerprint density at radius 3 is 3.19 bits per heavy atom. The summed E-state index contributed by atoms with van der Waals surface area (Å²) in [6.45, 7) is 2.75. The lowest BCUT2D eigenvalue weighted by Crippen LogP contribution is -2.22. The summed E-state index contributed by atoms with van der Waals surface area (Å²) in [5.74, 6) is -0.300. The van der Waals surface area contributed by atoms with Gasteiger partial charge in [-0.2, -0.15) is 5.10 Å². The molecule has 0 atom stereocenters. The van der Waals surface area contributed by atoms with E-state index < -0.39 is 0 Å². The van der Waals surface area contributed by atoms with Gasteiger partial charge < -0.3 is 4.90 Å². The first-order chi connectivity index (χ1) is 7.70. The molecule has 0 spiro atoms. The van der Waals surface area contributed by atoms with Crippen LogP contribution in [0, 0.1) is 0 Å². The zero-order valence-corrected chi connectivity index (χ0v) is 9.56. The second-order valence-corrected chi connectivity index (χ2v) is 3.97. The van der Waals surface area contributed by atoms with Gasteiger partial charge in [-0.25, -0.2) is 5.48 Å². The summed E-state index contributed by atoms with van der Waals surface area (Å²) in [7, 11) is 3.48. The highest BCUT2D eigenvalue weighted by atomic mass is 16.6. The highest BCUT2D eigenvalue weighted by Crippen LogP contribution is 2.12. The van der Waals surface area contributed by atoms with E-state index in [-0.39, 0.29) is 7.33 Å². The first-order valence-electron chi connectivity index (χ1n) is 5.29. The minimum absolute atomic E-state index is 0. The second-order valence-electron chi connectivity index (χ2n) is 3.97. The van der Waals surface area contributed by atoms with E-state index in [0.29, 0.717) is 5.69 Å². The first kappa shape index (κ1) is 11.1. The van der Waals surface area contributed by atoms with Crippen LogP contribution < -0.4 is 5.48 Å². The number of hydrogen-bond donors (Lipinski definition) is 1. The van der Waals surface area contributed by atoms with Crippen molar-refractivity contribution < 1.29 is 11.1 Å². The third kappa shape index (κ3) is 2.23. The van der Waals surface area contributed by atoms with Crippen molar-refractivity contribution in [1.82, 2.24) is 20.2 Å². The quantitative estimate of drug-likeness (QED) is 0.735. The number of aromatic nitrogens is 2. The molecule has 16 heavy (non-hydrogen) atoms. The van der Waals surface area contributed by atoms with Gasteiger partial charge in [0, 0.05) is 21.1 Å². The van der Waals surface area contributed by atoms with E-state index in [1.807, 2.05) is 10.7 Å². The average Bonchev–Trinajstić information content (AvgIpc) is 2.54. The number of hydrogen-bond acceptors (Lipinski definition) is 4. The highest BCUT2D eigenvalue weighted by molar-refractivity contribution is 5.91. The lowest BCUT2D eigenvalue weighted by atomic mass is 10.3. The first-order valence-corrected chi connectivity index (χ1v) is 5.29. The summed E-state index contributed by atoms with van der Waals surface area (Å²) in [5.41, 5.74) is 3.75. The highest BCUT2D eigenvalue weighted by Gasteiger charge is 2.17. The summed E-state index contributed by atoms with van der Waals surface area (Å²) >= 11 is 0. The molecule has 0 fully saturated rings. The molecule has 0 radical (unpaired) electrons. The van der Waals surface area contributed by atoms with Gasteiger partial charge in [0.25, 0.3) is 5.91 Å². The number of carbonyl (C=O) groups is 1. The predicted octanol–water partition coefficient (Wildman–Crippen LogP) is 0.256. The zero-order chi connectivity index (χ0) is 11.5. The summed E-state index contributed by atoms with van der Waals surface area (Å²) in [4.78, 5) is 18.3. The number of rotatable bonds is 2. The Bertz CT molecular complexity index is 394. The fraction of sp³-hybridized carbons (Fsp3) is 0.600. The Kier molecular flexibility index (Phi) is 3.21. The minimum atomic E-state index is -0.300. The zero-order valence-electron chi connectivity index (χ0n) is 9.56. The number of aryl methyl sites for hydroxylation is 1. The Balaban J connectivity index is 0.00000144. The summed E-state index contributed by atoms with van der Waals surface area (Å²) < 4.78 is 1.90. The number of hydroxylamine groups is 1. The second kappa shape index (κ2) is 4.63. The molecular weight excluding hydrogens is 208 g/mol. The number of amides is 1. The molecule has 1 aromatic rings. The van der Waals surface area contributed by atoms with Crippen molar-refractivity contribution in [2.45, 2.75) is 19.5 Å². The van der Waals surface area contributed by atoms with Gasteiger partial charge in [-0.15, -0.1) is 0 Å². The van der Waals surface area contributed by atoms with Gasteiger partial charge in [0.1, 0.15) is 0 Å². The standard InChI is InChI=1S/C10H16N4O2.H2/c1-13-4-3-5-14-8(7-13)6-9(11-14)10(15)12-16-2;/h6H,3-5,7H2,1-2H3,(H,12,15);1H. The topological polar surface area (TPSA) is 59.4 Å². The lowest BCUT2D eigenvalue weighted by Gasteiger charge is -2.10. The van der Waals surface area contributed by atoms with Gasteiger partial charge >= 0.3 is 0 Å². The molecule has 90 valence electrons. The van der Waals surface area contributed by atoms with E-state index in [9.17, 15) is 4.79 Å². The predicted molar refractivity (Wildman–Crippen MR) is 59.8 cm³/mol. The maximum absolute atomic E-state index is 11.5. The van der Waals surface area contributed by atoms with Gasteiger partial charge in [-0.05, 0) is 19.5 Å². The molecule has 0 saturated heterocycles. The smallest absolute Gasteiger partial charge is 0.295 e. The van der Waals surface area contributed by atoms with Gasteiger partial charge in [-0.1, -0.05) is 0 Å². The number of carbonyl (C=O) groups excluding carboxylic acids is 1. The molecule has 2 heterocycles. The Morgan fingerprint density at radius 2 is 2.44 bits per heavy atom. The van der Waals surface area contributed by atoms with E-state index in [1.54, 1.807) is 0 Å². The van der Waals surface area contributed by atoms with Gasteiger partial charge in [0.2, 0.25) is 0 Å². The Hall–Kier alpha value is -1.40. The normalized spacial score (nSPS) is 16.6. The molecular formula is C10H18N4O2. The van der Waals surface area contributed by atoms with Crippen LogP contribution in [0.25, 0.3) is 0 Å². The molecule has 2 rings (SSSR count). The fourth-order valence-corrected chi connectivity index (χ4v) is 1.88. The van der Waals surface area contributed by atoms with E-state index in [2.05, 4.69) is 27.4 Å². The van der Waals surface area contributed by atoms with Crippen LogP contribution in [0.4, 0.5) is 0 Å². The SMILES string of the molecule is CONC(=O)c1cc2n(n1)CCCN(C)C2.[HH]. The van der Waals surface area contributed by atoms with Crippen LogP contribution in [-0.2, 0) is 17.9 Å². The summed E-state index contributed by atoms with van der Waals surface area (Å²) in [6.07, 6.45) is 1.05. The van der Waals surface area contributed by atoms with Crippen molar-refractivity contribution in [3.8, 4) is 0 Å². The van der Waals surface area contributed by atoms with Crippen LogP contribution in [0.1, 0.15) is 24.0 Å². The minimum Gasteiger partial charge on any atom is -0.300 e. The summed E-state index contributed by atoms with van der Waals surface area (Å²) in [6, 6.07) is 1.82. The van der Waals surface area contributed by atoms with Crippen LogP contribution in [0.15, 0.2) is 6.07 Å². The van der Waals surface area contributed by atoms with Crippen molar-refractivity contribution >= 4 is 5.91 Å². The molecule has 1 aliphatic heterocycles. The summed E-state index contributed by atoms with van der Waals surface area (Å²) in [5, 5.41) is 4.26. The van der Waals surface area contributed by atoms with E-state index in [4.69, 9.17) is 0 Å². The molecule has 0 saturated carbocycles. The number of nitrogens with one attached hydrogen (secondary N) is 1. The van der Waals surface area contributed by atoms with Gasteiger partial charge in [0.15, 0.2) is 5.69 Å². The largest absolute Gasteiger partial charge is 0.300 e. The van der Waals surface area contributed by atoms with Crippen molar-refractivity contribution in [1.29, 1.82) is 0 Å². The molecule has 6 heteroatoms. The van der Waals surface area contributed by atoms with E-state index in [0.717, 1.165) is 31.7 Å². The maximum atomic E-state index is 11.5. The van der Waals surface area contributed by atoms with Gasteiger partial charge in [-0.3, -0.25) is 14.3 Å². The molecule has 1 amide bonds. The van der Waals surface area contributed by atoms with Crippen molar-refractivity contribution in [3.63, 3.8) is 0 Å². The van der Waals surface area contributed by atoms with E-state index >= 15 is 0 Å². The van der Waals surface area contributed by atoms with Crippen molar-refractivity contribution in [2.75, 3.05) is 20.7 Å². The number of fused-ring (bicyclic) bond motifs is 1. The Morgan fingerprint density at radius 1 is 1.62 bits per heavy atom. The lowest BCUT2D eigenvalue weighted by molar-refractivity contribution is 0.0531. The van der Waals surface area contributed by atoms with Crippen molar-refractivity contribution in [2.24, 2.45) is 0 Å². The third-order valence-electron chi connectivity index (χ3n) is 2.63. The molecule has 1 N–H and O–H groups in total. The fourth-order valence-electron chi connectivity index (χ4n) is 1.88. The Labute approximate surface area is 95.6 Å². The maximum Gasteiger partial charge on any atom is 0.295 e. The third-order valence-corrected chi connectivity index (χ3v) is 2.63. The average molecular weight is 226 g/mol. The molecule has 0 aliphatic carbocycles. The molecule has 0 aromatic carbocycles. The molecule has 6 nitrogen and oxygen atoms in total. The van der Waals surface area contributed by atoms with Crippen LogP contribution in [0.2, 0.25) is 0 Å². The monoisotopic (exact) mass is 226 g/mol. The van der Waals surface area contributed by atoms with Gasteiger partial charge in [0.05, 0.1) is 12.8 Å². The molecule has 1 aromatic heterocycles. The molecule has 0 unspecified atom stereocenters. The molecule has 0 bridgehead atoms. The van der Waals surface area contributed by atoms with Crippen LogP contribution in [0.3, 0.4) is 0 Å². The van der Waals surface area contributed by atoms with Crippen molar-refractivity contribution in [3.05, 3.63) is 17.5 Å². The van der Waals surface area contributed by atoms with E-state index in [1.165, 1.54) is 7.11 Å². The molecule has 1 aliphatic rings. The number of nitrogens with zero attached hydrogens (tertiary/aromatic N) is 3. The van der Waals surface area contributed by atoms with Crippen LogP contribution in [-0.4, -0.2) is 41.3 Å². The van der Waals surface area contributed by atoms with Crippen LogP contribution in [0.5, 0.6) is 0 Å². The van der Waals surface area contributed by atoms with Crippen LogP contribution >= 0.6 is 0 Å².